The van der Waals surface area contributed by atoms with Crippen molar-refractivity contribution < 1.29 is 40.4 Å². The third kappa shape index (κ3) is 9.93. The van der Waals surface area contributed by atoms with Crippen molar-refractivity contribution in [3.05, 3.63) is 120 Å². The highest BCUT2D eigenvalue weighted by Gasteiger charge is 2.33. The van der Waals surface area contributed by atoms with Crippen LogP contribution in [-0.2, 0) is 4.18 Å². The maximum atomic E-state index is 12.1. The van der Waals surface area contributed by atoms with E-state index in [1.807, 2.05) is 36.4 Å². The highest BCUT2D eigenvalue weighted by Crippen LogP contribution is 2.33. The van der Waals surface area contributed by atoms with Gasteiger partial charge in [0.2, 0.25) is 0 Å². The molecule has 204 valence electrons. The zero-order valence-electron chi connectivity index (χ0n) is 19.8. The van der Waals surface area contributed by atoms with Crippen molar-refractivity contribution in [2.75, 3.05) is 0 Å². The van der Waals surface area contributed by atoms with Crippen molar-refractivity contribution in [3.8, 4) is 22.3 Å². The first-order valence-electron chi connectivity index (χ1n) is 11.1. The highest BCUT2D eigenvalue weighted by molar-refractivity contribution is 7.99. The van der Waals surface area contributed by atoms with E-state index in [9.17, 15) is 36.2 Å². The van der Waals surface area contributed by atoms with Gasteiger partial charge in [-0.15, -0.1) is 0 Å². The summed E-state index contributed by atoms with van der Waals surface area (Å²) >= 11 is -1.85. The molecular weight excluding hydrogens is 562 g/mol. The van der Waals surface area contributed by atoms with Crippen molar-refractivity contribution in [1.29, 1.82) is 0 Å². The Balaban J connectivity index is 0.000000216. The number of thiol groups is 1. The van der Waals surface area contributed by atoms with Crippen molar-refractivity contribution in [2.45, 2.75) is 11.0 Å². The minimum atomic E-state index is -4.61. The van der Waals surface area contributed by atoms with Gasteiger partial charge in [0, 0.05) is 5.56 Å². The number of hydrogen-bond donors (Lipinski definition) is 2. The van der Waals surface area contributed by atoms with Gasteiger partial charge in [0.05, 0.1) is 5.56 Å². The predicted octanol–water partition coefficient (Wildman–Crippen LogP) is 9.05. The fourth-order valence-corrected chi connectivity index (χ4v) is 4.07. The SMILES string of the molecule is O=C(OSC(F)(F)F)c1ccccc1-c1ccccc1.OC(=[SH]C(F)(F)F)c1ccc(-c2ccccc2)cc1. The lowest BCUT2D eigenvalue weighted by molar-refractivity contribution is -0.0389. The molecule has 4 rings (SSSR count). The van der Waals surface area contributed by atoms with E-state index in [4.69, 9.17) is 0 Å². The molecular formula is C28H20F6O3S2. The number of carbonyl (C=O) groups is 1. The number of aliphatic hydroxyl groups excluding tert-OH is 1. The normalized spacial score (nSPS) is 12.0. The molecule has 0 spiro atoms. The average molecular weight is 583 g/mol. The molecule has 39 heavy (non-hydrogen) atoms. The molecule has 4 aromatic rings. The monoisotopic (exact) mass is 582 g/mol. The first kappa shape index (κ1) is 30.0. The molecule has 0 amide bonds. The number of carbonyl (C=O) groups excluding carboxylic acids is 1. The van der Waals surface area contributed by atoms with Gasteiger partial charge < -0.3 is 9.29 Å². The molecule has 0 fully saturated rings. The number of rotatable bonds is 5. The van der Waals surface area contributed by atoms with E-state index in [-0.39, 0.29) is 11.1 Å². The fraction of sp³-hybridized carbons (Fsp3) is 0.0714. The summed E-state index contributed by atoms with van der Waals surface area (Å²) < 4.78 is 76.8. The maximum Gasteiger partial charge on any atom is 0.479 e. The van der Waals surface area contributed by atoms with E-state index in [0.717, 1.165) is 16.7 Å². The molecule has 4 aromatic carbocycles. The lowest BCUT2D eigenvalue weighted by Gasteiger charge is -2.09. The van der Waals surface area contributed by atoms with Gasteiger partial charge in [0.1, 0.15) is 5.05 Å². The van der Waals surface area contributed by atoms with Gasteiger partial charge in [-0.3, -0.25) is 0 Å². The standard InChI is InChI=1S/C14H9F3O2S.C14H11F3OS/c15-14(16,17)20-19-13(18)12-9-5-4-8-11(12)10-6-2-1-3-7-10;15-14(16,17)19-13(18)12-8-6-11(7-9-12)10-4-2-1-3-5-10/h1-9H;1-9,18-19H. The minimum Gasteiger partial charge on any atom is -0.378 e. The van der Waals surface area contributed by atoms with E-state index in [2.05, 4.69) is 4.18 Å². The van der Waals surface area contributed by atoms with Crippen LogP contribution in [0.5, 0.6) is 0 Å². The molecule has 0 aliphatic rings. The molecule has 0 saturated carbocycles. The Labute approximate surface area is 228 Å². The second-order valence-corrected chi connectivity index (χ2v) is 9.61. The number of aliphatic hydroxyl groups is 1. The van der Waals surface area contributed by atoms with Gasteiger partial charge in [-0.25, -0.2) is 4.79 Å². The Morgan fingerprint density at radius 2 is 1.15 bits per heavy atom. The van der Waals surface area contributed by atoms with Crippen molar-refractivity contribution in [2.24, 2.45) is 0 Å². The molecule has 0 unspecified atom stereocenters. The summed E-state index contributed by atoms with van der Waals surface area (Å²) in [6, 6.07) is 31.1. The van der Waals surface area contributed by atoms with Crippen LogP contribution in [0.4, 0.5) is 26.3 Å². The fourth-order valence-electron chi connectivity index (χ4n) is 3.29. The zero-order chi connectivity index (χ0) is 28.5. The zero-order valence-corrected chi connectivity index (χ0v) is 21.5. The van der Waals surface area contributed by atoms with E-state index >= 15 is 0 Å². The third-order valence-electron chi connectivity index (χ3n) is 4.93. The maximum absolute atomic E-state index is 12.1. The molecule has 0 bridgehead atoms. The molecule has 0 heterocycles. The molecule has 3 nitrogen and oxygen atoms in total. The Hall–Kier alpha value is -3.54. The van der Waals surface area contributed by atoms with Crippen molar-refractivity contribution >= 4 is 34.4 Å². The second-order valence-electron chi connectivity index (χ2n) is 7.66. The van der Waals surface area contributed by atoms with Crippen LogP contribution >= 0.6 is 23.4 Å². The first-order chi connectivity index (χ1) is 18.4. The summed E-state index contributed by atoms with van der Waals surface area (Å²) in [6.07, 6.45) is 0. The summed E-state index contributed by atoms with van der Waals surface area (Å²) in [7, 11) is 0. The second kappa shape index (κ2) is 13.5. The molecule has 0 aromatic heterocycles. The van der Waals surface area contributed by atoms with Crippen LogP contribution < -0.4 is 0 Å². The Bertz CT molecular complexity index is 1390. The molecule has 0 aliphatic carbocycles. The summed E-state index contributed by atoms with van der Waals surface area (Å²) in [5.74, 6) is -1.02. The Morgan fingerprint density at radius 1 is 0.667 bits per heavy atom. The van der Waals surface area contributed by atoms with Crippen LogP contribution in [0.1, 0.15) is 15.9 Å². The topological polar surface area (TPSA) is 46.5 Å². The molecule has 0 saturated heterocycles. The van der Waals surface area contributed by atoms with Crippen LogP contribution in [-0.4, -0.2) is 27.1 Å². The molecule has 0 atom stereocenters. The van der Waals surface area contributed by atoms with E-state index < -0.39 is 45.4 Å². The van der Waals surface area contributed by atoms with Gasteiger partial charge in [0.15, 0.2) is 12.0 Å². The molecule has 0 aliphatic heterocycles. The summed E-state index contributed by atoms with van der Waals surface area (Å²) in [5.41, 5.74) is -5.64. The molecule has 11 heteroatoms. The number of benzene rings is 4. The van der Waals surface area contributed by atoms with Gasteiger partial charge in [-0.1, -0.05) is 114 Å². The minimum absolute atomic E-state index is 0.0930. The van der Waals surface area contributed by atoms with Crippen LogP contribution in [0.2, 0.25) is 0 Å². The largest absolute Gasteiger partial charge is 0.479 e. The van der Waals surface area contributed by atoms with Gasteiger partial charge in [-0.05, 0) is 28.3 Å². The molecule has 1 N–H and O–H groups in total. The quantitative estimate of drug-likeness (QED) is 0.107. The number of hydrogen-bond acceptors (Lipinski definition) is 3. The van der Waals surface area contributed by atoms with E-state index in [1.54, 1.807) is 54.6 Å². The van der Waals surface area contributed by atoms with Gasteiger partial charge in [0.25, 0.3) is 0 Å². The average Bonchev–Trinajstić information content (AvgIpc) is 2.92. The smallest absolute Gasteiger partial charge is 0.378 e. The lowest BCUT2D eigenvalue weighted by atomic mass is 10.00. The first-order valence-corrected chi connectivity index (χ1v) is 12.7. The Kier molecular flexibility index (Phi) is 10.4. The van der Waals surface area contributed by atoms with Gasteiger partial charge in [-0.2, -0.15) is 26.3 Å². The number of alkyl halides is 6. The van der Waals surface area contributed by atoms with Crippen molar-refractivity contribution in [1.82, 2.24) is 0 Å². The van der Waals surface area contributed by atoms with Crippen LogP contribution in [0.25, 0.3) is 22.3 Å². The van der Waals surface area contributed by atoms with Crippen LogP contribution in [0.3, 0.4) is 0 Å². The lowest BCUT2D eigenvalue weighted by Crippen LogP contribution is -2.08. The summed E-state index contributed by atoms with van der Waals surface area (Å²) in [5, 5.41) is 8.71. The Morgan fingerprint density at radius 3 is 1.69 bits per heavy atom. The van der Waals surface area contributed by atoms with Crippen molar-refractivity contribution in [3.63, 3.8) is 0 Å². The third-order valence-corrected chi connectivity index (χ3v) is 6.07. The van der Waals surface area contributed by atoms with E-state index in [1.165, 1.54) is 18.2 Å². The summed E-state index contributed by atoms with van der Waals surface area (Å²) in [4.78, 5) is 11.7. The van der Waals surface area contributed by atoms with Crippen LogP contribution in [0.15, 0.2) is 109 Å². The number of halogens is 6. The van der Waals surface area contributed by atoms with E-state index in [0.29, 0.717) is 5.56 Å². The van der Waals surface area contributed by atoms with Crippen LogP contribution in [0, 0.1) is 0 Å². The predicted molar refractivity (Wildman–Crippen MR) is 145 cm³/mol. The molecule has 0 radical (unpaired) electrons. The van der Waals surface area contributed by atoms with Gasteiger partial charge >= 0.3 is 17.0 Å². The highest BCUT2D eigenvalue weighted by atomic mass is 32.2. The summed E-state index contributed by atoms with van der Waals surface area (Å²) in [6.45, 7) is 0.